The van der Waals surface area contributed by atoms with Crippen LogP contribution in [0.25, 0.3) is 0 Å². The van der Waals surface area contributed by atoms with Gasteiger partial charge in [-0.3, -0.25) is 4.99 Å². The van der Waals surface area contributed by atoms with Gasteiger partial charge < -0.3 is 15.0 Å². The lowest BCUT2D eigenvalue weighted by atomic mass is 10.1. The van der Waals surface area contributed by atoms with Gasteiger partial charge in [0.05, 0.1) is 6.61 Å². The minimum Gasteiger partial charge on any atom is -0.384 e. The van der Waals surface area contributed by atoms with Gasteiger partial charge in [-0.15, -0.1) is 24.0 Å². The zero-order valence-corrected chi connectivity index (χ0v) is 15.4. The van der Waals surface area contributed by atoms with Crippen LogP contribution in [0.2, 0.25) is 0 Å². The fraction of sp³-hybridized carbons (Fsp3) is 0.933. The zero-order chi connectivity index (χ0) is 13.7. The van der Waals surface area contributed by atoms with E-state index in [1.165, 1.54) is 25.7 Å². The lowest BCUT2D eigenvalue weighted by Crippen LogP contribution is -2.42. The van der Waals surface area contributed by atoms with Crippen molar-refractivity contribution < 1.29 is 4.74 Å². The van der Waals surface area contributed by atoms with Crippen LogP contribution >= 0.6 is 24.0 Å². The predicted octanol–water partition coefficient (Wildman–Crippen LogP) is 2.73. The summed E-state index contributed by atoms with van der Waals surface area (Å²) in [6, 6.07) is 0.673. The summed E-state index contributed by atoms with van der Waals surface area (Å²) in [6.45, 7) is 8.32. The molecule has 3 unspecified atom stereocenters. The van der Waals surface area contributed by atoms with E-state index in [0.29, 0.717) is 12.0 Å². The van der Waals surface area contributed by atoms with Crippen LogP contribution in [0, 0.1) is 11.8 Å². The number of aliphatic imine (C=N–C) groups is 1. The first-order valence-electron chi connectivity index (χ1n) is 7.83. The third-order valence-electron chi connectivity index (χ3n) is 4.19. The molecule has 0 bridgehead atoms. The largest absolute Gasteiger partial charge is 0.384 e. The molecule has 0 aromatic carbocycles. The average molecular weight is 395 g/mol. The Morgan fingerprint density at radius 1 is 1.40 bits per heavy atom. The van der Waals surface area contributed by atoms with Crippen molar-refractivity contribution in [2.24, 2.45) is 16.8 Å². The molecular formula is C15H30IN3O. The number of likely N-dealkylation sites (tertiary alicyclic amines) is 1. The summed E-state index contributed by atoms with van der Waals surface area (Å²) in [6.07, 6.45) is 5.19. The molecule has 2 fully saturated rings. The van der Waals surface area contributed by atoms with Gasteiger partial charge in [-0.25, -0.2) is 0 Å². The second-order valence-corrected chi connectivity index (χ2v) is 5.89. The molecule has 1 aliphatic heterocycles. The van der Waals surface area contributed by atoms with Crippen LogP contribution in [-0.4, -0.2) is 50.3 Å². The average Bonchev–Trinajstić information content (AvgIpc) is 2.95. The van der Waals surface area contributed by atoms with Crippen molar-refractivity contribution in [3.05, 3.63) is 0 Å². The molecule has 0 radical (unpaired) electrons. The molecule has 1 aliphatic carbocycles. The molecule has 4 nitrogen and oxygen atoms in total. The Morgan fingerprint density at radius 3 is 2.85 bits per heavy atom. The number of guanidine groups is 1. The fourth-order valence-corrected chi connectivity index (χ4v) is 3.06. The lowest BCUT2D eigenvalue weighted by molar-refractivity contribution is 0.157. The quantitative estimate of drug-likeness (QED) is 0.427. The highest BCUT2D eigenvalue weighted by Crippen LogP contribution is 2.34. The molecular weight excluding hydrogens is 365 g/mol. The van der Waals surface area contributed by atoms with Crippen molar-refractivity contribution in [3.63, 3.8) is 0 Å². The molecule has 118 valence electrons. The summed E-state index contributed by atoms with van der Waals surface area (Å²) in [4.78, 5) is 7.08. The number of ether oxygens (including phenoxy) is 1. The Morgan fingerprint density at radius 2 is 2.20 bits per heavy atom. The maximum absolute atomic E-state index is 5.27. The Bertz CT molecular complexity index is 311. The maximum Gasteiger partial charge on any atom is 0.194 e. The molecule has 1 heterocycles. The molecule has 2 rings (SSSR count). The molecule has 1 N–H and O–H groups in total. The first-order chi connectivity index (χ1) is 9.28. The first kappa shape index (κ1) is 18.0. The van der Waals surface area contributed by atoms with Crippen molar-refractivity contribution in [2.45, 2.75) is 45.6 Å². The highest BCUT2D eigenvalue weighted by molar-refractivity contribution is 14.0. The van der Waals surface area contributed by atoms with Crippen LogP contribution in [0.15, 0.2) is 4.99 Å². The smallest absolute Gasteiger partial charge is 0.194 e. The van der Waals surface area contributed by atoms with Gasteiger partial charge in [0.15, 0.2) is 5.96 Å². The second kappa shape index (κ2) is 9.07. The summed E-state index contributed by atoms with van der Waals surface area (Å²) in [7, 11) is 1.79. The highest BCUT2D eigenvalue weighted by Gasteiger charge is 2.38. The monoisotopic (exact) mass is 395 g/mol. The molecule has 20 heavy (non-hydrogen) atoms. The Kier molecular flexibility index (Phi) is 8.17. The number of hydrogen-bond acceptors (Lipinski definition) is 2. The van der Waals surface area contributed by atoms with Gasteiger partial charge in [0, 0.05) is 38.7 Å². The Labute approximate surface area is 140 Å². The third kappa shape index (κ3) is 5.06. The Hall–Kier alpha value is -0.0400. The normalized spacial score (nSPS) is 29.2. The van der Waals surface area contributed by atoms with Gasteiger partial charge >= 0.3 is 0 Å². The van der Waals surface area contributed by atoms with Gasteiger partial charge in [-0.05, 0) is 32.1 Å². The fourth-order valence-electron chi connectivity index (χ4n) is 3.06. The number of nitrogens with zero attached hydrogens (tertiary/aromatic N) is 2. The molecule has 0 aromatic rings. The van der Waals surface area contributed by atoms with Gasteiger partial charge in [0.2, 0.25) is 0 Å². The standard InChI is InChI=1S/C15H29N3O.HI/c1-4-6-13-9-14(13)17-15(16-5-2)18-8-7-12(10-18)11-19-3;/h12-14H,4-11H2,1-3H3,(H,16,17);1H. The van der Waals surface area contributed by atoms with E-state index in [0.717, 1.165) is 38.1 Å². The van der Waals surface area contributed by atoms with E-state index >= 15 is 0 Å². The van der Waals surface area contributed by atoms with Crippen LogP contribution in [0.3, 0.4) is 0 Å². The van der Waals surface area contributed by atoms with E-state index in [4.69, 9.17) is 4.74 Å². The summed E-state index contributed by atoms with van der Waals surface area (Å²) in [5.41, 5.74) is 0. The first-order valence-corrected chi connectivity index (χ1v) is 7.83. The lowest BCUT2D eigenvalue weighted by Gasteiger charge is -2.22. The van der Waals surface area contributed by atoms with Crippen molar-refractivity contribution in [1.29, 1.82) is 0 Å². The molecule has 5 heteroatoms. The van der Waals surface area contributed by atoms with Crippen molar-refractivity contribution >= 4 is 29.9 Å². The molecule has 2 aliphatic rings. The van der Waals surface area contributed by atoms with Crippen LogP contribution in [0.4, 0.5) is 0 Å². The molecule has 0 amide bonds. The number of halogens is 1. The predicted molar refractivity (Wildman–Crippen MR) is 94.9 cm³/mol. The second-order valence-electron chi connectivity index (χ2n) is 5.89. The molecule has 1 saturated heterocycles. The molecule has 0 aromatic heterocycles. The molecule has 3 atom stereocenters. The van der Waals surface area contributed by atoms with Crippen LogP contribution in [-0.2, 0) is 4.74 Å². The number of hydrogen-bond donors (Lipinski definition) is 1. The molecule has 0 spiro atoms. The van der Waals surface area contributed by atoms with E-state index < -0.39 is 0 Å². The third-order valence-corrected chi connectivity index (χ3v) is 4.19. The summed E-state index contributed by atoms with van der Waals surface area (Å²) in [5, 5.41) is 3.67. The maximum atomic E-state index is 5.27. The molecule has 1 saturated carbocycles. The summed E-state index contributed by atoms with van der Waals surface area (Å²) < 4.78 is 5.27. The van der Waals surface area contributed by atoms with E-state index in [9.17, 15) is 0 Å². The van der Waals surface area contributed by atoms with E-state index in [2.05, 4.69) is 29.1 Å². The summed E-state index contributed by atoms with van der Waals surface area (Å²) >= 11 is 0. The summed E-state index contributed by atoms with van der Waals surface area (Å²) in [5.74, 6) is 2.67. The van der Waals surface area contributed by atoms with E-state index in [1.54, 1.807) is 7.11 Å². The number of rotatable bonds is 6. The minimum atomic E-state index is 0. The van der Waals surface area contributed by atoms with Crippen LogP contribution in [0.1, 0.15) is 39.5 Å². The van der Waals surface area contributed by atoms with Gasteiger partial charge in [0.25, 0.3) is 0 Å². The van der Waals surface area contributed by atoms with Crippen LogP contribution < -0.4 is 5.32 Å². The topological polar surface area (TPSA) is 36.9 Å². The van der Waals surface area contributed by atoms with Gasteiger partial charge in [-0.2, -0.15) is 0 Å². The van der Waals surface area contributed by atoms with E-state index in [1.807, 2.05) is 0 Å². The number of methoxy groups -OCH3 is 1. The zero-order valence-electron chi connectivity index (χ0n) is 13.1. The van der Waals surface area contributed by atoms with Crippen molar-refractivity contribution in [2.75, 3.05) is 33.4 Å². The minimum absolute atomic E-state index is 0. The Balaban J connectivity index is 0.00000200. The van der Waals surface area contributed by atoms with Crippen molar-refractivity contribution in [1.82, 2.24) is 10.2 Å². The SMILES string of the molecule is CCCC1CC1NC(=NCC)N1CCC(COC)C1.I. The van der Waals surface area contributed by atoms with Crippen molar-refractivity contribution in [3.8, 4) is 0 Å². The van der Waals surface area contributed by atoms with Gasteiger partial charge in [0.1, 0.15) is 0 Å². The highest BCUT2D eigenvalue weighted by atomic mass is 127. The van der Waals surface area contributed by atoms with Gasteiger partial charge in [-0.1, -0.05) is 13.3 Å². The van der Waals surface area contributed by atoms with Crippen LogP contribution in [0.5, 0.6) is 0 Å². The van der Waals surface area contributed by atoms with E-state index in [-0.39, 0.29) is 24.0 Å². The number of nitrogens with one attached hydrogen (secondary N) is 1.